The fraction of sp³-hybridized carbons (Fsp3) is 0.458. The number of rotatable bonds is 4. The van der Waals surface area contributed by atoms with E-state index in [1.54, 1.807) is 0 Å². The molecule has 5 rings (SSSR count). The van der Waals surface area contributed by atoms with Crippen LogP contribution in [0.15, 0.2) is 30.5 Å². The van der Waals surface area contributed by atoms with Gasteiger partial charge in [0.25, 0.3) is 0 Å². The van der Waals surface area contributed by atoms with Gasteiger partial charge in [0.2, 0.25) is 0 Å². The number of aryl methyl sites for hydroxylation is 1. The predicted octanol–water partition coefficient (Wildman–Crippen LogP) is 4.40. The summed E-state index contributed by atoms with van der Waals surface area (Å²) in [5.41, 5.74) is 5.87. The lowest BCUT2D eigenvalue weighted by molar-refractivity contribution is 0.163. The molecule has 1 fully saturated rings. The second kappa shape index (κ2) is 7.64. The fourth-order valence-corrected chi connectivity index (χ4v) is 5.04. The number of H-pyrrole nitrogens is 1. The van der Waals surface area contributed by atoms with Crippen LogP contribution in [0.2, 0.25) is 0 Å². The Hall–Kier alpha value is -2.93. The molecular formula is C24H30N6O. The molecule has 0 bridgehead atoms. The van der Waals surface area contributed by atoms with Gasteiger partial charge in [-0.05, 0) is 56.5 Å². The van der Waals surface area contributed by atoms with E-state index in [1.807, 2.05) is 36.2 Å². The third-order valence-corrected chi connectivity index (χ3v) is 6.89. The van der Waals surface area contributed by atoms with Crippen molar-refractivity contribution in [3.05, 3.63) is 41.7 Å². The molecule has 2 aliphatic heterocycles. The van der Waals surface area contributed by atoms with Crippen LogP contribution in [0.4, 0.5) is 10.5 Å². The monoisotopic (exact) mass is 418 g/mol. The molecular weight excluding hydrogens is 388 g/mol. The van der Waals surface area contributed by atoms with Crippen LogP contribution < -0.4 is 5.32 Å². The van der Waals surface area contributed by atoms with E-state index in [1.165, 1.54) is 0 Å². The molecule has 2 N–H and O–H groups in total. The van der Waals surface area contributed by atoms with Crippen LogP contribution in [0.25, 0.3) is 22.2 Å². The number of likely N-dealkylation sites (tertiary alicyclic amines) is 1. The van der Waals surface area contributed by atoms with Crippen LogP contribution in [0.5, 0.6) is 0 Å². The highest BCUT2D eigenvalue weighted by Gasteiger charge is 2.40. The van der Waals surface area contributed by atoms with Gasteiger partial charge in [-0.1, -0.05) is 13.3 Å². The maximum atomic E-state index is 13.0. The normalized spacial score (nSPS) is 21.7. The Kier molecular flexibility index (Phi) is 4.93. The van der Waals surface area contributed by atoms with E-state index in [-0.39, 0.29) is 12.1 Å². The lowest BCUT2D eigenvalue weighted by Gasteiger charge is -2.36. The molecule has 7 nitrogen and oxygen atoms in total. The quantitative estimate of drug-likeness (QED) is 0.658. The minimum atomic E-state index is 0.00500. The number of nitrogens with zero attached hydrogens (tertiary/aromatic N) is 4. The maximum Gasteiger partial charge on any atom is 0.322 e. The molecule has 1 saturated heterocycles. The molecule has 31 heavy (non-hydrogen) atoms. The van der Waals surface area contributed by atoms with Crippen molar-refractivity contribution in [3.63, 3.8) is 0 Å². The van der Waals surface area contributed by atoms with Crippen LogP contribution in [0.3, 0.4) is 0 Å². The Balaban J connectivity index is 1.50. The van der Waals surface area contributed by atoms with Crippen molar-refractivity contribution in [1.29, 1.82) is 0 Å². The number of fused-ring (bicyclic) bond motifs is 2. The topological polar surface area (TPSA) is 77.2 Å². The first-order valence-electron chi connectivity index (χ1n) is 11.2. The number of carbonyl (C=O) groups is 1. The fourth-order valence-electron chi connectivity index (χ4n) is 5.04. The van der Waals surface area contributed by atoms with Gasteiger partial charge in [-0.2, -0.15) is 5.10 Å². The van der Waals surface area contributed by atoms with Gasteiger partial charge >= 0.3 is 6.03 Å². The summed E-state index contributed by atoms with van der Waals surface area (Å²) >= 11 is 0. The molecule has 162 valence electrons. The molecule has 0 unspecified atom stereocenters. The molecule has 4 heterocycles. The number of pyridine rings is 1. The first kappa shape index (κ1) is 20.0. The largest absolute Gasteiger partial charge is 0.322 e. The number of aromatic nitrogens is 3. The zero-order chi connectivity index (χ0) is 21.7. The highest BCUT2D eigenvalue weighted by Crippen LogP contribution is 2.36. The molecule has 2 aliphatic rings. The number of nitrogens with one attached hydrogen (secondary N) is 2. The summed E-state index contributed by atoms with van der Waals surface area (Å²) in [6.07, 6.45) is 2.90. The number of urea groups is 1. The number of benzene rings is 1. The first-order chi connectivity index (χ1) is 14.9. The van der Waals surface area contributed by atoms with E-state index in [2.05, 4.69) is 52.2 Å². The molecule has 0 aliphatic carbocycles. The lowest BCUT2D eigenvalue weighted by Crippen LogP contribution is -2.48. The van der Waals surface area contributed by atoms with Gasteiger partial charge in [0.1, 0.15) is 5.69 Å². The minimum absolute atomic E-state index is 0.00500. The van der Waals surface area contributed by atoms with Gasteiger partial charge < -0.3 is 10.2 Å². The van der Waals surface area contributed by atoms with Crippen molar-refractivity contribution in [2.45, 2.75) is 52.7 Å². The number of aromatic amines is 1. The van der Waals surface area contributed by atoms with E-state index in [0.717, 1.165) is 58.6 Å². The number of carbonyl (C=O) groups excluding carboxylic acids is 1. The van der Waals surface area contributed by atoms with E-state index >= 15 is 0 Å². The van der Waals surface area contributed by atoms with Gasteiger partial charge in [0.05, 0.1) is 11.6 Å². The van der Waals surface area contributed by atoms with Gasteiger partial charge in [0.15, 0.2) is 0 Å². The third-order valence-electron chi connectivity index (χ3n) is 6.89. The van der Waals surface area contributed by atoms with Crippen molar-refractivity contribution < 1.29 is 4.79 Å². The van der Waals surface area contributed by atoms with Crippen molar-refractivity contribution >= 4 is 22.6 Å². The van der Waals surface area contributed by atoms with Crippen LogP contribution in [0.1, 0.15) is 38.4 Å². The Labute approximate surface area is 182 Å². The SMILES string of the molecule is CC[C@@H]1CN(C(C)C)C[C@H]1N1Cc2cc3c(-c4ccnc(C)c4)n[nH]c3cc2NC1=O. The molecule has 0 saturated carbocycles. The molecule has 2 amide bonds. The van der Waals surface area contributed by atoms with Crippen LogP contribution in [-0.2, 0) is 6.54 Å². The predicted molar refractivity (Wildman–Crippen MR) is 123 cm³/mol. The summed E-state index contributed by atoms with van der Waals surface area (Å²) in [6.45, 7) is 11.3. The van der Waals surface area contributed by atoms with Crippen molar-refractivity contribution in [1.82, 2.24) is 25.0 Å². The summed E-state index contributed by atoms with van der Waals surface area (Å²) < 4.78 is 0. The Morgan fingerprint density at radius 3 is 2.81 bits per heavy atom. The zero-order valence-electron chi connectivity index (χ0n) is 18.6. The summed E-state index contributed by atoms with van der Waals surface area (Å²) in [4.78, 5) is 21.9. The molecule has 0 spiro atoms. The van der Waals surface area contributed by atoms with Gasteiger partial charge in [-0.15, -0.1) is 0 Å². The van der Waals surface area contributed by atoms with Gasteiger partial charge in [0, 0.05) is 54.2 Å². The number of amides is 2. The van der Waals surface area contributed by atoms with Crippen LogP contribution >= 0.6 is 0 Å². The summed E-state index contributed by atoms with van der Waals surface area (Å²) in [7, 11) is 0. The second-order valence-corrected chi connectivity index (χ2v) is 9.15. The zero-order valence-corrected chi connectivity index (χ0v) is 18.6. The van der Waals surface area contributed by atoms with Crippen molar-refractivity contribution in [2.24, 2.45) is 5.92 Å². The first-order valence-corrected chi connectivity index (χ1v) is 11.2. The molecule has 2 atom stereocenters. The average molecular weight is 419 g/mol. The molecule has 2 aromatic heterocycles. The van der Waals surface area contributed by atoms with Crippen molar-refractivity contribution in [2.75, 3.05) is 18.4 Å². The smallest absolute Gasteiger partial charge is 0.316 e. The van der Waals surface area contributed by atoms with Crippen LogP contribution in [0, 0.1) is 12.8 Å². The second-order valence-electron chi connectivity index (χ2n) is 9.15. The van der Waals surface area contributed by atoms with Crippen LogP contribution in [-0.4, -0.2) is 56.2 Å². The summed E-state index contributed by atoms with van der Waals surface area (Å²) in [5, 5.41) is 11.9. The van der Waals surface area contributed by atoms with E-state index in [9.17, 15) is 4.79 Å². The molecule has 1 aromatic carbocycles. The summed E-state index contributed by atoms with van der Waals surface area (Å²) in [6, 6.07) is 8.97. The van der Waals surface area contributed by atoms with Gasteiger partial charge in [-0.25, -0.2) is 4.79 Å². The standard InChI is InChI=1S/C24H30N6O/c1-5-16-11-29(14(2)3)13-22(16)30-12-18-9-19-21(10-20(18)26-24(30)31)27-28-23(19)17-6-7-25-15(4)8-17/h6-10,14,16,22H,5,11-13H2,1-4H3,(H,26,31)(H,27,28)/t16-,22-/m1/s1. The Morgan fingerprint density at radius 1 is 1.23 bits per heavy atom. The highest BCUT2D eigenvalue weighted by atomic mass is 16.2. The van der Waals surface area contributed by atoms with Gasteiger partial charge in [-0.3, -0.25) is 15.0 Å². The number of hydrogen-bond donors (Lipinski definition) is 2. The molecule has 3 aromatic rings. The van der Waals surface area contributed by atoms with E-state index in [0.29, 0.717) is 18.5 Å². The average Bonchev–Trinajstić information content (AvgIpc) is 3.35. The van der Waals surface area contributed by atoms with E-state index in [4.69, 9.17) is 0 Å². The Morgan fingerprint density at radius 2 is 2.06 bits per heavy atom. The minimum Gasteiger partial charge on any atom is -0.316 e. The third kappa shape index (κ3) is 3.47. The highest BCUT2D eigenvalue weighted by molar-refractivity contribution is 6.00. The lowest BCUT2D eigenvalue weighted by atomic mass is 9.97. The number of anilines is 1. The Bertz CT molecular complexity index is 1140. The molecule has 7 heteroatoms. The van der Waals surface area contributed by atoms with E-state index < -0.39 is 0 Å². The summed E-state index contributed by atoms with van der Waals surface area (Å²) in [5.74, 6) is 0.503. The van der Waals surface area contributed by atoms with Crippen molar-refractivity contribution in [3.8, 4) is 11.3 Å². The maximum absolute atomic E-state index is 13.0. The molecule has 0 radical (unpaired) electrons. The number of hydrogen-bond acceptors (Lipinski definition) is 4.